The van der Waals surface area contributed by atoms with E-state index in [1.165, 1.54) is 23.5 Å². The van der Waals surface area contributed by atoms with Gasteiger partial charge in [-0.2, -0.15) is 0 Å². The summed E-state index contributed by atoms with van der Waals surface area (Å²) in [7, 11) is 0. The van der Waals surface area contributed by atoms with Gasteiger partial charge in [0.05, 0.1) is 16.9 Å². The van der Waals surface area contributed by atoms with Crippen LogP contribution in [0.2, 0.25) is 0 Å². The van der Waals surface area contributed by atoms with Gasteiger partial charge in [-0.05, 0) is 49.5 Å². The van der Waals surface area contributed by atoms with Crippen molar-refractivity contribution in [3.05, 3.63) is 35.0 Å². The smallest absolute Gasteiger partial charge is 0.182 e. The molecule has 0 saturated carbocycles. The molecule has 1 fully saturated rings. The van der Waals surface area contributed by atoms with E-state index in [9.17, 15) is 9.18 Å². The average molecular weight is 307 g/mol. The fourth-order valence-corrected chi connectivity index (χ4v) is 3.91. The quantitative estimate of drug-likeness (QED) is 0.862. The largest absolute Gasteiger partial charge is 0.381 e. The zero-order chi connectivity index (χ0) is 14.9. The van der Waals surface area contributed by atoms with Gasteiger partial charge in [-0.1, -0.05) is 0 Å². The lowest BCUT2D eigenvalue weighted by molar-refractivity contribution is 0.0470. The first-order valence-electron chi connectivity index (χ1n) is 7.17. The summed E-state index contributed by atoms with van der Waals surface area (Å²) in [6.45, 7) is 4.46. The topological polar surface area (TPSA) is 38.3 Å². The van der Waals surface area contributed by atoms with Crippen molar-refractivity contribution >= 4 is 27.2 Å². The van der Waals surface area contributed by atoms with E-state index in [0.717, 1.165) is 23.1 Å². The molecule has 3 nitrogen and oxygen atoms in total. The monoisotopic (exact) mass is 307 g/mol. The predicted molar refractivity (Wildman–Crippen MR) is 82.5 cm³/mol. The summed E-state index contributed by atoms with van der Waals surface area (Å²) in [5.74, 6) is -0.159. The van der Waals surface area contributed by atoms with Crippen molar-refractivity contribution in [3.8, 4) is 0 Å². The van der Waals surface area contributed by atoms with Gasteiger partial charge in [0, 0.05) is 17.9 Å². The molecule has 1 saturated heterocycles. The Hall–Kier alpha value is -1.30. The van der Waals surface area contributed by atoms with Crippen LogP contribution in [-0.4, -0.2) is 32.1 Å². The molecule has 1 N–H and O–H groups in total. The van der Waals surface area contributed by atoms with Crippen molar-refractivity contribution < 1.29 is 13.9 Å². The molecule has 1 unspecified atom stereocenters. The van der Waals surface area contributed by atoms with Crippen molar-refractivity contribution in [2.24, 2.45) is 5.41 Å². The fraction of sp³-hybridized carbons (Fsp3) is 0.438. The van der Waals surface area contributed by atoms with Crippen molar-refractivity contribution in [2.75, 3.05) is 26.3 Å². The zero-order valence-corrected chi connectivity index (χ0v) is 12.8. The molecule has 0 aliphatic carbocycles. The fourth-order valence-electron chi connectivity index (χ4n) is 2.81. The normalized spacial score (nSPS) is 22.0. The number of ether oxygens (including phenoxy) is 1. The summed E-state index contributed by atoms with van der Waals surface area (Å²) < 4.78 is 19.8. The second-order valence-corrected chi connectivity index (χ2v) is 6.55. The van der Waals surface area contributed by atoms with Gasteiger partial charge in [0.25, 0.3) is 0 Å². The van der Waals surface area contributed by atoms with E-state index in [1.807, 2.05) is 6.92 Å². The van der Waals surface area contributed by atoms with Crippen LogP contribution in [-0.2, 0) is 4.74 Å². The number of thiophene rings is 1. The molecule has 0 spiro atoms. The highest BCUT2D eigenvalue weighted by atomic mass is 32.1. The van der Waals surface area contributed by atoms with E-state index in [-0.39, 0.29) is 11.6 Å². The van der Waals surface area contributed by atoms with Gasteiger partial charge >= 0.3 is 0 Å². The van der Waals surface area contributed by atoms with Crippen molar-refractivity contribution in [2.45, 2.75) is 13.3 Å². The number of nitrogens with one attached hydrogen (secondary N) is 1. The third-order valence-electron chi connectivity index (χ3n) is 4.01. The minimum atomic E-state index is -0.477. The highest BCUT2D eigenvalue weighted by Crippen LogP contribution is 2.35. The highest BCUT2D eigenvalue weighted by Gasteiger charge is 2.42. The van der Waals surface area contributed by atoms with Crippen LogP contribution in [0.4, 0.5) is 4.39 Å². The lowest BCUT2D eigenvalue weighted by atomic mass is 9.82. The molecule has 2 aromatic rings. The lowest BCUT2D eigenvalue weighted by Gasteiger charge is -2.25. The van der Waals surface area contributed by atoms with Crippen LogP contribution in [0.15, 0.2) is 24.3 Å². The Labute approximate surface area is 127 Å². The Balaban J connectivity index is 1.94. The third kappa shape index (κ3) is 2.73. The zero-order valence-electron chi connectivity index (χ0n) is 11.9. The van der Waals surface area contributed by atoms with Gasteiger partial charge < -0.3 is 10.1 Å². The first-order chi connectivity index (χ1) is 10.1. The Kier molecular flexibility index (Phi) is 4.06. The number of fused-ring (bicyclic) bond motifs is 1. The number of hydrogen-bond donors (Lipinski definition) is 1. The minimum Gasteiger partial charge on any atom is -0.381 e. The van der Waals surface area contributed by atoms with Gasteiger partial charge in [0.15, 0.2) is 5.78 Å². The van der Waals surface area contributed by atoms with E-state index < -0.39 is 5.41 Å². The van der Waals surface area contributed by atoms with Crippen LogP contribution in [0, 0.1) is 11.2 Å². The molecular formula is C16H18FNO2S. The third-order valence-corrected chi connectivity index (χ3v) is 5.12. The SMILES string of the molecule is CCOCC1(C(=O)c2cc3cc(F)ccc3s2)CCNC1. The molecule has 112 valence electrons. The number of rotatable bonds is 5. The van der Waals surface area contributed by atoms with Gasteiger partial charge in [-0.25, -0.2) is 4.39 Å². The van der Waals surface area contributed by atoms with Crippen LogP contribution >= 0.6 is 11.3 Å². The van der Waals surface area contributed by atoms with E-state index in [0.29, 0.717) is 24.6 Å². The van der Waals surface area contributed by atoms with Crippen LogP contribution < -0.4 is 5.32 Å². The molecule has 1 aromatic carbocycles. The van der Waals surface area contributed by atoms with E-state index in [1.54, 1.807) is 12.1 Å². The first-order valence-corrected chi connectivity index (χ1v) is 7.99. The summed E-state index contributed by atoms with van der Waals surface area (Å²) in [5.41, 5.74) is -0.477. The van der Waals surface area contributed by atoms with Crippen LogP contribution in [0.5, 0.6) is 0 Å². The van der Waals surface area contributed by atoms with Gasteiger partial charge in [-0.3, -0.25) is 4.79 Å². The Morgan fingerprint density at radius 1 is 1.48 bits per heavy atom. The van der Waals surface area contributed by atoms with Gasteiger partial charge in [0.1, 0.15) is 5.82 Å². The average Bonchev–Trinajstić information content (AvgIpc) is 3.11. The second kappa shape index (κ2) is 5.83. The van der Waals surface area contributed by atoms with Gasteiger partial charge in [-0.15, -0.1) is 11.3 Å². The summed E-state index contributed by atoms with van der Waals surface area (Å²) in [5, 5.41) is 4.05. The molecule has 3 rings (SSSR count). The molecule has 0 radical (unpaired) electrons. The molecule has 1 aromatic heterocycles. The molecule has 21 heavy (non-hydrogen) atoms. The van der Waals surface area contributed by atoms with E-state index in [2.05, 4.69) is 5.32 Å². The Bertz CT molecular complexity index is 661. The van der Waals surface area contributed by atoms with Crippen molar-refractivity contribution in [1.82, 2.24) is 5.32 Å². The van der Waals surface area contributed by atoms with Crippen LogP contribution in [0.25, 0.3) is 10.1 Å². The van der Waals surface area contributed by atoms with Crippen LogP contribution in [0.1, 0.15) is 23.0 Å². The number of hydrogen-bond acceptors (Lipinski definition) is 4. The Morgan fingerprint density at radius 2 is 2.33 bits per heavy atom. The molecule has 0 bridgehead atoms. The van der Waals surface area contributed by atoms with E-state index in [4.69, 9.17) is 4.74 Å². The van der Waals surface area contributed by atoms with Crippen molar-refractivity contribution in [3.63, 3.8) is 0 Å². The maximum absolute atomic E-state index is 13.3. The predicted octanol–water partition coefficient (Wildman–Crippen LogP) is 3.24. The summed E-state index contributed by atoms with van der Waals surface area (Å²) in [6.07, 6.45) is 0.786. The maximum Gasteiger partial charge on any atom is 0.182 e. The minimum absolute atomic E-state index is 0.113. The number of ketones is 1. The highest BCUT2D eigenvalue weighted by molar-refractivity contribution is 7.20. The first kappa shape index (κ1) is 14.6. The number of benzene rings is 1. The number of carbonyl (C=O) groups excluding carboxylic acids is 1. The maximum atomic E-state index is 13.3. The molecular weight excluding hydrogens is 289 g/mol. The molecule has 2 heterocycles. The van der Waals surface area contributed by atoms with Crippen LogP contribution in [0.3, 0.4) is 0 Å². The van der Waals surface area contributed by atoms with E-state index >= 15 is 0 Å². The number of carbonyl (C=O) groups is 1. The molecule has 1 aliphatic heterocycles. The van der Waals surface area contributed by atoms with Gasteiger partial charge in [0.2, 0.25) is 0 Å². The summed E-state index contributed by atoms with van der Waals surface area (Å²) >= 11 is 1.43. The molecule has 5 heteroatoms. The number of Topliss-reactive ketones (excluding diaryl/α,β-unsaturated/α-hetero) is 1. The molecule has 0 amide bonds. The Morgan fingerprint density at radius 3 is 3.05 bits per heavy atom. The molecule has 1 atom stereocenters. The lowest BCUT2D eigenvalue weighted by Crippen LogP contribution is -2.37. The van der Waals surface area contributed by atoms with Crippen molar-refractivity contribution in [1.29, 1.82) is 0 Å². The second-order valence-electron chi connectivity index (χ2n) is 5.47. The summed E-state index contributed by atoms with van der Waals surface area (Å²) in [6, 6.07) is 6.44. The summed E-state index contributed by atoms with van der Waals surface area (Å²) in [4.78, 5) is 13.6. The standard InChI is InChI=1S/C16H18FNO2S/c1-2-20-10-16(5-6-18-9-16)15(19)14-8-11-7-12(17)3-4-13(11)21-14/h3-4,7-8,18H,2,5-6,9-10H2,1H3. The molecule has 1 aliphatic rings. The number of halogens is 1.